The fourth-order valence-electron chi connectivity index (χ4n) is 2.64. The third kappa shape index (κ3) is 4.46. The molecule has 0 spiro atoms. The van der Waals surface area contributed by atoms with Crippen LogP contribution in [0, 0.1) is 5.41 Å². The molecule has 1 N–H and O–H groups in total. The summed E-state index contributed by atoms with van der Waals surface area (Å²) in [5.41, 5.74) is 0.542. The van der Waals surface area contributed by atoms with Crippen LogP contribution >= 0.6 is 0 Å². The van der Waals surface area contributed by atoms with Gasteiger partial charge in [-0.05, 0) is 57.4 Å². The van der Waals surface area contributed by atoms with Crippen LogP contribution in [0.4, 0.5) is 0 Å². The summed E-state index contributed by atoms with van der Waals surface area (Å²) < 4.78 is 10.7. The minimum Gasteiger partial charge on any atom is -0.497 e. The standard InChI is InChI=1S/C17H25NO3/c1-17(2,11-13-6-4-8-15(10-13)20-3)16(19)21-12-14-7-5-9-18-14/h4,6,8,10,14,18H,5,7,9,11-12H2,1-3H3/t14-/m0/s1. The van der Waals surface area contributed by atoms with Gasteiger partial charge >= 0.3 is 5.97 Å². The molecule has 0 radical (unpaired) electrons. The molecule has 4 heteroatoms. The number of benzene rings is 1. The molecule has 4 nitrogen and oxygen atoms in total. The second-order valence-corrected chi connectivity index (χ2v) is 6.30. The molecule has 0 aliphatic carbocycles. The van der Waals surface area contributed by atoms with Crippen molar-refractivity contribution >= 4 is 5.97 Å². The van der Waals surface area contributed by atoms with E-state index in [0.29, 0.717) is 19.1 Å². The van der Waals surface area contributed by atoms with Crippen molar-refractivity contribution in [2.75, 3.05) is 20.3 Å². The van der Waals surface area contributed by atoms with Crippen molar-refractivity contribution in [1.82, 2.24) is 5.32 Å². The fourth-order valence-corrected chi connectivity index (χ4v) is 2.64. The van der Waals surface area contributed by atoms with Gasteiger partial charge < -0.3 is 14.8 Å². The Morgan fingerprint density at radius 3 is 2.90 bits per heavy atom. The van der Waals surface area contributed by atoms with Gasteiger partial charge in [0.2, 0.25) is 0 Å². The van der Waals surface area contributed by atoms with Gasteiger partial charge in [-0.3, -0.25) is 4.79 Å². The molecule has 2 rings (SSSR count). The quantitative estimate of drug-likeness (QED) is 0.818. The Morgan fingerprint density at radius 2 is 2.24 bits per heavy atom. The summed E-state index contributed by atoms with van der Waals surface area (Å²) in [4.78, 5) is 12.3. The Morgan fingerprint density at radius 1 is 1.43 bits per heavy atom. The molecule has 1 fully saturated rings. The molecule has 1 atom stereocenters. The Kier molecular flexibility index (Phi) is 5.23. The van der Waals surface area contributed by atoms with E-state index in [0.717, 1.165) is 30.7 Å². The molecule has 0 unspecified atom stereocenters. The predicted octanol–water partition coefficient (Wildman–Crippen LogP) is 2.56. The molecule has 0 aromatic heterocycles. The van der Waals surface area contributed by atoms with Crippen LogP contribution in [0.25, 0.3) is 0 Å². The molecular weight excluding hydrogens is 266 g/mol. The normalized spacial score (nSPS) is 18.5. The number of esters is 1. The summed E-state index contributed by atoms with van der Waals surface area (Å²) >= 11 is 0. The van der Waals surface area contributed by atoms with Crippen LogP contribution in [0.2, 0.25) is 0 Å². The highest BCUT2D eigenvalue weighted by molar-refractivity contribution is 5.76. The third-order valence-electron chi connectivity index (χ3n) is 3.91. The topological polar surface area (TPSA) is 47.6 Å². The SMILES string of the molecule is COc1cccc(CC(C)(C)C(=O)OC[C@@H]2CCCN2)c1. The number of carbonyl (C=O) groups is 1. The van der Waals surface area contributed by atoms with Crippen molar-refractivity contribution in [3.05, 3.63) is 29.8 Å². The van der Waals surface area contributed by atoms with E-state index < -0.39 is 5.41 Å². The molecule has 1 heterocycles. The van der Waals surface area contributed by atoms with Crippen LogP contribution < -0.4 is 10.1 Å². The lowest BCUT2D eigenvalue weighted by atomic mass is 9.86. The lowest BCUT2D eigenvalue weighted by Crippen LogP contribution is -2.34. The number of methoxy groups -OCH3 is 1. The monoisotopic (exact) mass is 291 g/mol. The van der Waals surface area contributed by atoms with Gasteiger partial charge in [-0.1, -0.05) is 12.1 Å². The van der Waals surface area contributed by atoms with Crippen molar-refractivity contribution in [1.29, 1.82) is 0 Å². The van der Waals surface area contributed by atoms with Gasteiger partial charge in [-0.15, -0.1) is 0 Å². The maximum absolute atomic E-state index is 12.3. The van der Waals surface area contributed by atoms with Crippen molar-refractivity contribution in [2.45, 2.75) is 39.2 Å². The predicted molar refractivity (Wildman–Crippen MR) is 82.5 cm³/mol. The summed E-state index contributed by atoms with van der Waals surface area (Å²) in [6.07, 6.45) is 2.89. The highest BCUT2D eigenvalue weighted by Crippen LogP contribution is 2.26. The highest BCUT2D eigenvalue weighted by atomic mass is 16.5. The van der Waals surface area contributed by atoms with Crippen LogP contribution in [-0.4, -0.2) is 32.3 Å². The van der Waals surface area contributed by atoms with Crippen molar-refractivity contribution in [3.63, 3.8) is 0 Å². The molecule has 0 saturated carbocycles. The molecule has 21 heavy (non-hydrogen) atoms. The average Bonchev–Trinajstić information content (AvgIpc) is 2.97. The molecule has 116 valence electrons. The Hall–Kier alpha value is -1.55. The van der Waals surface area contributed by atoms with E-state index in [-0.39, 0.29) is 5.97 Å². The highest BCUT2D eigenvalue weighted by Gasteiger charge is 2.30. The zero-order valence-electron chi connectivity index (χ0n) is 13.1. The summed E-state index contributed by atoms with van der Waals surface area (Å²) in [6.45, 7) is 5.35. The Bertz CT molecular complexity index is 479. The molecule has 1 aliphatic heterocycles. The minimum atomic E-state index is -0.537. The molecule has 0 bridgehead atoms. The smallest absolute Gasteiger partial charge is 0.311 e. The Balaban J connectivity index is 1.91. The number of ether oxygens (including phenoxy) is 2. The largest absolute Gasteiger partial charge is 0.497 e. The maximum Gasteiger partial charge on any atom is 0.311 e. The average molecular weight is 291 g/mol. The minimum absolute atomic E-state index is 0.140. The zero-order chi connectivity index (χ0) is 15.3. The number of nitrogens with one attached hydrogen (secondary N) is 1. The van der Waals surface area contributed by atoms with Crippen LogP contribution in [0.5, 0.6) is 5.75 Å². The molecule has 1 aliphatic rings. The number of hydrogen-bond acceptors (Lipinski definition) is 4. The van der Waals surface area contributed by atoms with Gasteiger partial charge in [0.25, 0.3) is 0 Å². The van der Waals surface area contributed by atoms with Gasteiger partial charge in [-0.25, -0.2) is 0 Å². The lowest BCUT2D eigenvalue weighted by Gasteiger charge is -2.24. The van der Waals surface area contributed by atoms with Gasteiger partial charge in [0.1, 0.15) is 12.4 Å². The summed E-state index contributed by atoms with van der Waals surface area (Å²) in [5.74, 6) is 0.672. The van der Waals surface area contributed by atoms with Crippen LogP contribution in [0.1, 0.15) is 32.3 Å². The maximum atomic E-state index is 12.3. The molecular formula is C17H25NO3. The van der Waals surface area contributed by atoms with E-state index in [1.54, 1.807) is 7.11 Å². The first-order chi connectivity index (χ1) is 10.0. The van der Waals surface area contributed by atoms with Gasteiger partial charge in [0.15, 0.2) is 0 Å². The summed E-state index contributed by atoms with van der Waals surface area (Å²) in [6, 6.07) is 8.14. The van der Waals surface area contributed by atoms with Crippen molar-refractivity contribution in [2.24, 2.45) is 5.41 Å². The molecule has 0 amide bonds. The summed E-state index contributed by atoms with van der Waals surface area (Å²) in [7, 11) is 1.65. The van der Waals surface area contributed by atoms with Crippen LogP contribution in [0.3, 0.4) is 0 Å². The molecule has 1 saturated heterocycles. The number of hydrogen-bond donors (Lipinski definition) is 1. The van der Waals surface area contributed by atoms with Gasteiger partial charge in [0, 0.05) is 6.04 Å². The number of rotatable bonds is 6. The zero-order valence-corrected chi connectivity index (χ0v) is 13.1. The van der Waals surface area contributed by atoms with Crippen LogP contribution in [0.15, 0.2) is 24.3 Å². The first kappa shape index (κ1) is 15.8. The second-order valence-electron chi connectivity index (χ2n) is 6.30. The van der Waals surface area contributed by atoms with E-state index in [2.05, 4.69) is 5.32 Å². The van der Waals surface area contributed by atoms with E-state index in [1.165, 1.54) is 0 Å². The van der Waals surface area contributed by atoms with Crippen molar-refractivity contribution in [3.8, 4) is 5.75 Å². The van der Waals surface area contributed by atoms with Crippen molar-refractivity contribution < 1.29 is 14.3 Å². The fraction of sp³-hybridized carbons (Fsp3) is 0.588. The lowest BCUT2D eigenvalue weighted by molar-refractivity contribution is -0.154. The summed E-state index contributed by atoms with van der Waals surface area (Å²) in [5, 5.41) is 3.33. The van der Waals surface area contributed by atoms with E-state index in [4.69, 9.17) is 9.47 Å². The van der Waals surface area contributed by atoms with Gasteiger partial charge in [0.05, 0.1) is 12.5 Å². The van der Waals surface area contributed by atoms with E-state index in [9.17, 15) is 4.79 Å². The van der Waals surface area contributed by atoms with E-state index >= 15 is 0 Å². The first-order valence-corrected chi connectivity index (χ1v) is 7.55. The van der Waals surface area contributed by atoms with Gasteiger partial charge in [-0.2, -0.15) is 0 Å². The number of carbonyl (C=O) groups excluding carboxylic acids is 1. The van der Waals surface area contributed by atoms with Crippen LogP contribution in [-0.2, 0) is 16.0 Å². The third-order valence-corrected chi connectivity index (χ3v) is 3.91. The second kappa shape index (κ2) is 6.94. The first-order valence-electron chi connectivity index (χ1n) is 7.55. The Labute approximate surface area is 126 Å². The molecule has 1 aromatic rings. The molecule has 1 aromatic carbocycles. The van der Waals surface area contributed by atoms with E-state index in [1.807, 2.05) is 38.1 Å².